The Kier molecular flexibility index (Phi) is 4.12. The van der Waals surface area contributed by atoms with Gasteiger partial charge in [-0.3, -0.25) is 4.79 Å². The lowest BCUT2D eigenvalue weighted by molar-refractivity contribution is -0.254. The van der Waals surface area contributed by atoms with Crippen molar-refractivity contribution in [1.82, 2.24) is 0 Å². The van der Waals surface area contributed by atoms with E-state index in [2.05, 4.69) is 5.73 Å². The molecule has 1 aromatic carbocycles. The number of rotatable bonds is 3. The van der Waals surface area contributed by atoms with Gasteiger partial charge in [0.1, 0.15) is 17.8 Å². The average Bonchev–Trinajstić information content (AvgIpc) is 2.15. The average molecular weight is 237 g/mol. The van der Waals surface area contributed by atoms with Gasteiger partial charge in [-0.1, -0.05) is 0 Å². The molecule has 4 heteroatoms. The fourth-order valence-electron chi connectivity index (χ4n) is 1.41. The summed E-state index contributed by atoms with van der Waals surface area (Å²) in [5.74, 6) is -0.223. The highest BCUT2D eigenvalue weighted by molar-refractivity contribution is 5.76. The van der Waals surface area contributed by atoms with Gasteiger partial charge in [-0.05, 0) is 32.9 Å². The first-order valence-electron chi connectivity index (χ1n) is 5.63. The van der Waals surface area contributed by atoms with Gasteiger partial charge in [0.05, 0.1) is 0 Å². The molecule has 0 unspecified atom stereocenters. The molecule has 0 aromatic heterocycles. The SMILES string of the molecule is CN(CC(=O)OC(C)(C)C)c1ccc([NH3+])cc1. The van der Waals surface area contributed by atoms with Crippen molar-refractivity contribution in [2.75, 3.05) is 18.5 Å². The largest absolute Gasteiger partial charge is 0.459 e. The number of likely N-dealkylation sites (N-methyl/N-ethyl adjacent to an activating group) is 1. The van der Waals surface area contributed by atoms with E-state index in [9.17, 15) is 4.79 Å². The topological polar surface area (TPSA) is 57.2 Å². The summed E-state index contributed by atoms with van der Waals surface area (Å²) in [5.41, 5.74) is 5.32. The van der Waals surface area contributed by atoms with E-state index in [4.69, 9.17) is 4.74 Å². The summed E-state index contributed by atoms with van der Waals surface area (Å²) in [5, 5.41) is 0. The zero-order chi connectivity index (χ0) is 13.1. The predicted octanol–water partition coefficient (Wildman–Crippen LogP) is 1.34. The Morgan fingerprint density at radius 1 is 1.29 bits per heavy atom. The van der Waals surface area contributed by atoms with Crippen molar-refractivity contribution in [3.8, 4) is 0 Å². The van der Waals surface area contributed by atoms with Crippen LogP contribution in [0.4, 0.5) is 11.4 Å². The molecule has 0 heterocycles. The molecule has 1 aromatic rings. The molecule has 0 radical (unpaired) electrons. The number of anilines is 1. The number of hydrogen-bond donors (Lipinski definition) is 1. The van der Waals surface area contributed by atoms with Crippen LogP contribution in [-0.2, 0) is 9.53 Å². The Morgan fingerprint density at radius 3 is 2.29 bits per heavy atom. The third-order valence-electron chi connectivity index (χ3n) is 2.16. The quantitative estimate of drug-likeness (QED) is 0.807. The number of carbonyl (C=O) groups excluding carboxylic acids is 1. The smallest absolute Gasteiger partial charge is 0.326 e. The van der Waals surface area contributed by atoms with Gasteiger partial charge >= 0.3 is 5.97 Å². The minimum Gasteiger partial charge on any atom is -0.459 e. The van der Waals surface area contributed by atoms with Gasteiger partial charge in [0, 0.05) is 24.9 Å². The molecule has 0 bridgehead atoms. The zero-order valence-corrected chi connectivity index (χ0v) is 11.0. The van der Waals surface area contributed by atoms with E-state index in [1.807, 2.05) is 57.0 Å². The first kappa shape index (κ1) is 13.5. The van der Waals surface area contributed by atoms with Crippen LogP contribution in [0.1, 0.15) is 20.8 Å². The summed E-state index contributed by atoms with van der Waals surface area (Å²) >= 11 is 0. The van der Waals surface area contributed by atoms with Crippen LogP contribution in [0.2, 0.25) is 0 Å². The lowest BCUT2D eigenvalue weighted by Crippen LogP contribution is -2.40. The highest BCUT2D eigenvalue weighted by Gasteiger charge is 2.17. The summed E-state index contributed by atoms with van der Waals surface area (Å²) in [6.07, 6.45) is 0. The molecule has 0 aliphatic heterocycles. The molecule has 0 spiro atoms. The number of quaternary nitrogens is 1. The van der Waals surface area contributed by atoms with Gasteiger partial charge < -0.3 is 15.4 Å². The summed E-state index contributed by atoms with van der Waals surface area (Å²) in [4.78, 5) is 13.5. The van der Waals surface area contributed by atoms with Gasteiger partial charge in [0.15, 0.2) is 0 Å². The molecule has 0 saturated carbocycles. The number of hydrogen-bond acceptors (Lipinski definition) is 3. The van der Waals surface area contributed by atoms with Crippen LogP contribution < -0.4 is 10.6 Å². The summed E-state index contributed by atoms with van der Waals surface area (Å²) in [6, 6.07) is 7.71. The number of esters is 1. The van der Waals surface area contributed by atoms with Gasteiger partial charge in [-0.25, -0.2) is 0 Å². The van der Waals surface area contributed by atoms with E-state index < -0.39 is 5.60 Å². The Labute approximate surface area is 102 Å². The van der Waals surface area contributed by atoms with Gasteiger partial charge in [-0.15, -0.1) is 0 Å². The maximum absolute atomic E-state index is 11.6. The normalized spacial score (nSPS) is 11.1. The highest BCUT2D eigenvalue weighted by Crippen LogP contribution is 2.14. The maximum Gasteiger partial charge on any atom is 0.326 e. The van der Waals surface area contributed by atoms with Crippen molar-refractivity contribution in [2.24, 2.45) is 0 Å². The van der Waals surface area contributed by atoms with Crippen molar-refractivity contribution in [2.45, 2.75) is 26.4 Å². The van der Waals surface area contributed by atoms with E-state index in [1.54, 1.807) is 0 Å². The predicted molar refractivity (Wildman–Crippen MR) is 68.1 cm³/mol. The number of benzene rings is 1. The Bertz CT molecular complexity index is 379. The second-order valence-electron chi connectivity index (χ2n) is 5.11. The van der Waals surface area contributed by atoms with Gasteiger partial charge in [0.25, 0.3) is 0 Å². The molecule has 0 fully saturated rings. The fourth-order valence-corrected chi connectivity index (χ4v) is 1.41. The fraction of sp³-hybridized carbons (Fsp3) is 0.462. The van der Waals surface area contributed by atoms with Crippen molar-refractivity contribution in [3.05, 3.63) is 24.3 Å². The van der Waals surface area contributed by atoms with Crippen molar-refractivity contribution >= 4 is 17.3 Å². The Balaban J connectivity index is 2.57. The minimum absolute atomic E-state index is 0.223. The van der Waals surface area contributed by atoms with E-state index in [0.29, 0.717) is 0 Å². The summed E-state index contributed by atoms with van der Waals surface area (Å²) in [7, 11) is 1.86. The van der Waals surface area contributed by atoms with E-state index in [-0.39, 0.29) is 12.5 Å². The van der Waals surface area contributed by atoms with Gasteiger partial charge in [-0.2, -0.15) is 0 Å². The second-order valence-corrected chi connectivity index (χ2v) is 5.11. The Hall–Kier alpha value is -1.55. The first-order valence-corrected chi connectivity index (χ1v) is 5.63. The summed E-state index contributed by atoms with van der Waals surface area (Å²) < 4.78 is 5.26. The molecule has 3 N–H and O–H groups in total. The van der Waals surface area contributed by atoms with Gasteiger partial charge in [0.2, 0.25) is 0 Å². The van der Waals surface area contributed by atoms with Crippen molar-refractivity contribution in [1.29, 1.82) is 0 Å². The third kappa shape index (κ3) is 4.87. The van der Waals surface area contributed by atoms with E-state index in [0.717, 1.165) is 11.4 Å². The maximum atomic E-state index is 11.6. The van der Waals surface area contributed by atoms with E-state index in [1.165, 1.54) is 0 Å². The molecular formula is C13H21N2O2+. The standard InChI is InChI=1S/C13H20N2O2/c1-13(2,3)17-12(16)9-15(4)11-7-5-10(14)6-8-11/h5-8H,9,14H2,1-4H3/p+1. The monoisotopic (exact) mass is 237 g/mol. The molecule has 0 atom stereocenters. The zero-order valence-electron chi connectivity index (χ0n) is 11.0. The van der Waals surface area contributed by atoms with Crippen molar-refractivity contribution < 1.29 is 15.3 Å². The molecule has 0 aliphatic carbocycles. The van der Waals surface area contributed by atoms with Crippen LogP contribution >= 0.6 is 0 Å². The molecule has 0 aliphatic rings. The molecule has 17 heavy (non-hydrogen) atoms. The lowest BCUT2D eigenvalue weighted by atomic mass is 10.2. The lowest BCUT2D eigenvalue weighted by Gasteiger charge is -2.23. The second kappa shape index (κ2) is 5.19. The first-order chi connectivity index (χ1) is 7.78. The summed E-state index contributed by atoms with van der Waals surface area (Å²) in [6.45, 7) is 5.83. The molecule has 94 valence electrons. The van der Waals surface area contributed by atoms with Crippen LogP contribution in [0.15, 0.2) is 24.3 Å². The molecular weight excluding hydrogens is 216 g/mol. The molecule has 1 rings (SSSR count). The molecule has 4 nitrogen and oxygen atoms in total. The van der Waals surface area contributed by atoms with Crippen LogP contribution in [0, 0.1) is 0 Å². The van der Waals surface area contributed by atoms with Crippen LogP contribution in [0.25, 0.3) is 0 Å². The minimum atomic E-state index is -0.435. The number of nitrogens with zero attached hydrogens (tertiary/aromatic N) is 1. The van der Waals surface area contributed by atoms with Crippen molar-refractivity contribution in [3.63, 3.8) is 0 Å². The Morgan fingerprint density at radius 2 is 1.82 bits per heavy atom. The number of carbonyl (C=O) groups is 1. The highest BCUT2D eigenvalue weighted by atomic mass is 16.6. The molecule has 0 amide bonds. The third-order valence-corrected chi connectivity index (χ3v) is 2.16. The van der Waals surface area contributed by atoms with E-state index >= 15 is 0 Å². The van der Waals surface area contributed by atoms with Crippen LogP contribution in [-0.4, -0.2) is 25.2 Å². The van der Waals surface area contributed by atoms with Crippen LogP contribution in [0.3, 0.4) is 0 Å². The molecule has 0 saturated heterocycles. The van der Waals surface area contributed by atoms with Crippen LogP contribution in [0.5, 0.6) is 0 Å². The number of ether oxygens (including phenoxy) is 1.